The van der Waals surface area contributed by atoms with E-state index in [1.54, 1.807) is 6.07 Å². The second kappa shape index (κ2) is 5.78. The average molecular weight is 320 g/mol. The molecular formula is C20H20N2O2. The van der Waals surface area contributed by atoms with Crippen LogP contribution in [-0.4, -0.2) is 18.4 Å². The predicted molar refractivity (Wildman–Crippen MR) is 93.4 cm³/mol. The SMILES string of the molecule is CCCc1ccc2c(c1N1CCc3ccccc3C1)C(=O)NC2=O. The first kappa shape index (κ1) is 14.9. The Morgan fingerprint density at radius 1 is 1.04 bits per heavy atom. The second-order valence-corrected chi connectivity index (χ2v) is 6.47. The van der Waals surface area contributed by atoms with Gasteiger partial charge in [-0.15, -0.1) is 0 Å². The van der Waals surface area contributed by atoms with E-state index in [2.05, 4.69) is 41.4 Å². The first-order valence-electron chi connectivity index (χ1n) is 8.52. The Morgan fingerprint density at radius 2 is 1.83 bits per heavy atom. The Bertz CT molecular complexity index is 842. The summed E-state index contributed by atoms with van der Waals surface area (Å²) in [5.74, 6) is -0.543. The number of fused-ring (bicyclic) bond motifs is 2. The Labute approximate surface area is 141 Å². The minimum absolute atomic E-state index is 0.262. The molecule has 0 spiro atoms. The van der Waals surface area contributed by atoms with Gasteiger partial charge in [0, 0.05) is 13.1 Å². The normalized spacial score (nSPS) is 16.0. The third-order valence-electron chi connectivity index (χ3n) is 4.93. The fourth-order valence-electron chi connectivity index (χ4n) is 3.81. The minimum Gasteiger partial charge on any atom is -0.366 e. The summed E-state index contributed by atoms with van der Waals surface area (Å²) in [6.07, 6.45) is 2.87. The lowest BCUT2D eigenvalue weighted by molar-refractivity contribution is 0.0880. The summed E-state index contributed by atoms with van der Waals surface area (Å²) in [5, 5.41) is 2.45. The molecule has 0 aliphatic carbocycles. The van der Waals surface area contributed by atoms with Crippen molar-refractivity contribution in [2.45, 2.75) is 32.7 Å². The molecule has 0 saturated carbocycles. The summed E-state index contributed by atoms with van der Waals surface area (Å²) in [6.45, 7) is 3.78. The first-order chi connectivity index (χ1) is 11.7. The van der Waals surface area contributed by atoms with Crippen LogP contribution in [0, 0.1) is 0 Å². The first-order valence-corrected chi connectivity index (χ1v) is 8.52. The molecule has 0 aromatic heterocycles. The van der Waals surface area contributed by atoms with Crippen molar-refractivity contribution in [3.8, 4) is 0 Å². The number of hydrogen-bond donors (Lipinski definition) is 1. The smallest absolute Gasteiger partial charge is 0.261 e. The summed E-state index contributed by atoms with van der Waals surface area (Å²) < 4.78 is 0. The molecule has 4 nitrogen and oxygen atoms in total. The highest BCUT2D eigenvalue weighted by Gasteiger charge is 2.33. The highest BCUT2D eigenvalue weighted by atomic mass is 16.2. The maximum atomic E-state index is 12.4. The van der Waals surface area contributed by atoms with Crippen molar-refractivity contribution in [2.24, 2.45) is 0 Å². The lowest BCUT2D eigenvalue weighted by Crippen LogP contribution is -2.32. The molecule has 2 heterocycles. The van der Waals surface area contributed by atoms with Gasteiger partial charge in [-0.05, 0) is 35.6 Å². The molecule has 0 fully saturated rings. The fraction of sp³-hybridized carbons (Fsp3) is 0.300. The van der Waals surface area contributed by atoms with Crippen LogP contribution in [0.4, 0.5) is 5.69 Å². The van der Waals surface area contributed by atoms with Crippen molar-refractivity contribution in [1.82, 2.24) is 5.32 Å². The van der Waals surface area contributed by atoms with Gasteiger partial charge < -0.3 is 4.90 Å². The van der Waals surface area contributed by atoms with Gasteiger partial charge in [-0.1, -0.05) is 43.7 Å². The zero-order chi connectivity index (χ0) is 16.7. The van der Waals surface area contributed by atoms with Gasteiger partial charge in [0.25, 0.3) is 11.8 Å². The second-order valence-electron chi connectivity index (χ2n) is 6.47. The van der Waals surface area contributed by atoms with Gasteiger partial charge in [0.1, 0.15) is 0 Å². The van der Waals surface area contributed by atoms with Gasteiger partial charge in [0.15, 0.2) is 0 Å². The van der Waals surface area contributed by atoms with E-state index in [1.165, 1.54) is 11.1 Å². The average Bonchev–Trinajstić information content (AvgIpc) is 2.89. The molecule has 0 unspecified atom stereocenters. The molecule has 0 radical (unpaired) electrons. The zero-order valence-electron chi connectivity index (χ0n) is 13.8. The molecule has 0 bridgehead atoms. The third-order valence-corrected chi connectivity index (χ3v) is 4.93. The van der Waals surface area contributed by atoms with E-state index in [0.717, 1.165) is 43.6 Å². The number of hydrogen-bond acceptors (Lipinski definition) is 3. The number of carbonyl (C=O) groups is 2. The maximum absolute atomic E-state index is 12.4. The van der Waals surface area contributed by atoms with Gasteiger partial charge in [-0.3, -0.25) is 14.9 Å². The van der Waals surface area contributed by atoms with Crippen molar-refractivity contribution >= 4 is 17.5 Å². The summed E-state index contributed by atoms with van der Waals surface area (Å²) >= 11 is 0. The van der Waals surface area contributed by atoms with Crippen LogP contribution in [0.2, 0.25) is 0 Å². The van der Waals surface area contributed by atoms with Crippen molar-refractivity contribution in [3.05, 3.63) is 64.2 Å². The Hall–Kier alpha value is -2.62. The molecule has 0 atom stereocenters. The fourth-order valence-corrected chi connectivity index (χ4v) is 3.81. The molecule has 2 aliphatic rings. The largest absolute Gasteiger partial charge is 0.366 e. The van der Waals surface area contributed by atoms with E-state index in [1.807, 2.05) is 6.07 Å². The van der Waals surface area contributed by atoms with Crippen molar-refractivity contribution in [1.29, 1.82) is 0 Å². The molecule has 4 heteroatoms. The highest BCUT2D eigenvalue weighted by molar-refractivity contribution is 6.24. The zero-order valence-corrected chi connectivity index (χ0v) is 13.8. The molecule has 24 heavy (non-hydrogen) atoms. The molecule has 2 amide bonds. The number of carbonyl (C=O) groups excluding carboxylic acids is 2. The maximum Gasteiger partial charge on any atom is 0.261 e. The number of nitrogens with zero attached hydrogens (tertiary/aromatic N) is 1. The van der Waals surface area contributed by atoms with Crippen LogP contribution < -0.4 is 10.2 Å². The molecule has 0 saturated heterocycles. The third kappa shape index (κ3) is 2.30. The van der Waals surface area contributed by atoms with Crippen LogP contribution >= 0.6 is 0 Å². The number of imide groups is 1. The van der Waals surface area contributed by atoms with Crippen LogP contribution in [0.1, 0.15) is 50.8 Å². The summed E-state index contributed by atoms with van der Waals surface area (Å²) in [5.41, 5.74) is 5.85. The lowest BCUT2D eigenvalue weighted by atomic mass is 9.94. The minimum atomic E-state index is -0.281. The van der Waals surface area contributed by atoms with Crippen molar-refractivity contribution in [2.75, 3.05) is 11.4 Å². The lowest BCUT2D eigenvalue weighted by Gasteiger charge is -2.33. The van der Waals surface area contributed by atoms with Crippen LogP contribution in [-0.2, 0) is 19.4 Å². The predicted octanol–water partition coefficient (Wildman–Crippen LogP) is 3.09. The van der Waals surface area contributed by atoms with Crippen molar-refractivity contribution < 1.29 is 9.59 Å². The quantitative estimate of drug-likeness (QED) is 0.884. The van der Waals surface area contributed by atoms with Crippen LogP contribution in [0.3, 0.4) is 0 Å². The number of amides is 2. The summed E-state index contributed by atoms with van der Waals surface area (Å²) in [4.78, 5) is 26.7. The van der Waals surface area contributed by atoms with E-state index in [0.29, 0.717) is 11.1 Å². The molecular weight excluding hydrogens is 300 g/mol. The molecule has 4 rings (SSSR count). The van der Waals surface area contributed by atoms with E-state index in [4.69, 9.17) is 0 Å². The van der Waals surface area contributed by atoms with Gasteiger partial charge in [0.05, 0.1) is 16.8 Å². The molecule has 1 N–H and O–H groups in total. The van der Waals surface area contributed by atoms with Gasteiger partial charge >= 0.3 is 0 Å². The number of rotatable bonds is 3. The van der Waals surface area contributed by atoms with E-state index < -0.39 is 0 Å². The molecule has 122 valence electrons. The van der Waals surface area contributed by atoms with Crippen molar-refractivity contribution in [3.63, 3.8) is 0 Å². The Morgan fingerprint density at radius 3 is 2.62 bits per heavy atom. The Kier molecular flexibility index (Phi) is 3.60. The molecule has 2 aromatic carbocycles. The van der Waals surface area contributed by atoms with Gasteiger partial charge in [-0.2, -0.15) is 0 Å². The monoisotopic (exact) mass is 320 g/mol. The molecule has 2 aliphatic heterocycles. The topological polar surface area (TPSA) is 49.4 Å². The Balaban J connectivity index is 1.83. The molecule has 2 aromatic rings. The van der Waals surface area contributed by atoms with Gasteiger partial charge in [0.2, 0.25) is 0 Å². The van der Waals surface area contributed by atoms with E-state index in [9.17, 15) is 9.59 Å². The van der Waals surface area contributed by atoms with Crippen LogP contribution in [0.5, 0.6) is 0 Å². The number of nitrogens with one attached hydrogen (secondary N) is 1. The summed E-state index contributed by atoms with van der Waals surface area (Å²) in [6, 6.07) is 12.3. The summed E-state index contributed by atoms with van der Waals surface area (Å²) in [7, 11) is 0. The van der Waals surface area contributed by atoms with Crippen LogP contribution in [0.25, 0.3) is 0 Å². The number of anilines is 1. The highest BCUT2D eigenvalue weighted by Crippen LogP contribution is 2.35. The van der Waals surface area contributed by atoms with E-state index in [-0.39, 0.29) is 11.8 Å². The van der Waals surface area contributed by atoms with Crippen LogP contribution in [0.15, 0.2) is 36.4 Å². The van der Waals surface area contributed by atoms with E-state index >= 15 is 0 Å². The standard InChI is InChI=1S/C20H20N2O2/c1-2-5-14-8-9-16-17(20(24)21-19(16)23)18(14)22-11-10-13-6-3-4-7-15(13)12-22/h3-4,6-9H,2,5,10-12H2,1H3,(H,21,23,24). The number of aryl methyl sites for hydroxylation is 1. The number of benzene rings is 2. The van der Waals surface area contributed by atoms with Gasteiger partial charge in [-0.25, -0.2) is 0 Å².